The molecular weight excluding hydrogens is 342 g/mol. The van der Waals surface area contributed by atoms with E-state index in [4.69, 9.17) is 9.47 Å². The lowest BCUT2D eigenvalue weighted by Crippen LogP contribution is -2.36. The van der Waals surface area contributed by atoms with Crippen LogP contribution in [0.25, 0.3) is 0 Å². The van der Waals surface area contributed by atoms with Gasteiger partial charge in [0.05, 0.1) is 19.8 Å². The van der Waals surface area contributed by atoms with Gasteiger partial charge in [0.25, 0.3) is 5.91 Å². The Balaban J connectivity index is 1.75. The summed E-state index contributed by atoms with van der Waals surface area (Å²) in [6.45, 7) is 3.30. The number of hydrogen-bond donors (Lipinski definition) is 2. The van der Waals surface area contributed by atoms with Crippen molar-refractivity contribution in [3.63, 3.8) is 0 Å². The Hall–Kier alpha value is -2.86. The molecule has 1 saturated heterocycles. The number of rotatable bonds is 5. The van der Waals surface area contributed by atoms with Crippen LogP contribution in [0.5, 0.6) is 5.75 Å². The average Bonchev–Trinajstić information content (AvgIpc) is 3.20. The van der Waals surface area contributed by atoms with Crippen molar-refractivity contribution in [2.45, 2.75) is 25.9 Å². The zero-order valence-corrected chi connectivity index (χ0v) is 15.7. The van der Waals surface area contributed by atoms with Gasteiger partial charge >= 0.3 is 0 Å². The molecule has 27 heavy (non-hydrogen) atoms. The number of aliphatic imine (C=N–C) groups is 1. The van der Waals surface area contributed by atoms with Crippen molar-refractivity contribution >= 4 is 17.6 Å². The summed E-state index contributed by atoms with van der Waals surface area (Å²) in [5, 5.41) is 6.07. The van der Waals surface area contributed by atoms with E-state index in [0.29, 0.717) is 23.8 Å². The maximum Gasteiger partial charge on any atom is 0.258 e. The van der Waals surface area contributed by atoms with Crippen LogP contribution in [0.15, 0.2) is 53.5 Å². The van der Waals surface area contributed by atoms with Gasteiger partial charge < -0.3 is 14.8 Å². The molecule has 0 saturated carbocycles. The SMILES string of the molecule is COc1cccc(C(=O)NC(=NC[C@H]2CCCO2)Nc2cccc(C)c2)c1. The second-order valence-electron chi connectivity index (χ2n) is 6.50. The normalized spacial score (nSPS) is 16.8. The second-order valence-corrected chi connectivity index (χ2v) is 6.50. The standard InChI is InChI=1S/C21H25N3O3/c1-15-6-3-8-17(12-15)23-21(22-14-19-10-5-11-27-19)24-20(25)16-7-4-9-18(13-16)26-2/h3-4,6-9,12-13,19H,5,10-11,14H2,1-2H3,(H2,22,23,24,25)/t19-/m1/s1. The molecule has 2 aromatic carbocycles. The van der Waals surface area contributed by atoms with Crippen LogP contribution in [0.1, 0.15) is 28.8 Å². The van der Waals surface area contributed by atoms with Gasteiger partial charge in [-0.05, 0) is 55.7 Å². The van der Waals surface area contributed by atoms with Gasteiger partial charge in [-0.15, -0.1) is 0 Å². The van der Waals surface area contributed by atoms with Crippen molar-refractivity contribution in [3.8, 4) is 5.75 Å². The highest BCUT2D eigenvalue weighted by Gasteiger charge is 2.16. The summed E-state index contributed by atoms with van der Waals surface area (Å²) in [6, 6.07) is 14.9. The molecule has 0 radical (unpaired) electrons. The third-order valence-electron chi connectivity index (χ3n) is 4.32. The minimum Gasteiger partial charge on any atom is -0.497 e. The molecular formula is C21H25N3O3. The molecule has 2 N–H and O–H groups in total. The lowest BCUT2D eigenvalue weighted by molar-refractivity contribution is 0.0975. The van der Waals surface area contributed by atoms with Crippen LogP contribution in [0.3, 0.4) is 0 Å². The first-order valence-corrected chi connectivity index (χ1v) is 9.09. The number of amides is 1. The van der Waals surface area contributed by atoms with Crippen LogP contribution in [0, 0.1) is 6.92 Å². The lowest BCUT2D eigenvalue weighted by atomic mass is 10.2. The zero-order chi connectivity index (χ0) is 19.1. The lowest BCUT2D eigenvalue weighted by Gasteiger charge is -2.14. The molecule has 0 spiro atoms. The first-order valence-electron chi connectivity index (χ1n) is 9.09. The van der Waals surface area contributed by atoms with Gasteiger partial charge in [0.15, 0.2) is 0 Å². The smallest absolute Gasteiger partial charge is 0.258 e. The predicted octanol–water partition coefficient (Wildman–Crippen LogP) is 3.38. The summed E-state index contributed by atoms with van der Waals surface area (Å²) in [7, 11) is 1.57. The molecule has 0 aromatic heterocycles. The molecule has 1 aliphatic heterocycles. The van der Waals surface area contributed by atoms with Gasteiger partial charge in [-0.3, -0.25) is 10.1 Å². The number of guanidine groups is 1. The van der Waals surface area contributed by atoms with Crippen molar-refractivity contribution in [2.75, 3.05) is 25.6 Å². The maximum absolute atomic E-state index is 12.7. The van der Waals surface area contributed by atoms with Crippen molar-refractivity contribution in [1.29, 1.82) is 0 Å². The van der Waals surface area contributed by atoms with Crippen molar-refractivity contribution in [2.24, 2.45) is 4.99 Å². The number of ether oxygens (including phenoxy) is 2. The summed E-state index contributed by atoms with van der Waals surface area (Å²) in [6.07, 6.45) is 2.15. The Morgan fingerprint density at radius 1 is 1.26 bits per heavy atom. The molecule has 0 aliphatic carbocycles. The van der Waals surface area contributed by atoms with Crippen molar-refractivity contribution in [3.05, 3.63) is 59.7 Å². The fraction of sp³-hybridized carbons (Fsp3) is 0.333. The largest absolute Gasteiger partial charge is 0.497 e. The molecule has 3 rings (SSSR count). The van der Waals surface area contributed by atoms with E-state index in [1.54, 1.807) is 31.4 Å². The minimum absolute atomic E-state index is 0.105. The highest BCUT2D eigenvalue weighted by atomic mass is 16.5. The quantitative estimate of drug-likeness (QED) is 0.628. The third-order valence-corrected chi connectivity index (χ3v) is 4.32. The fourth-order valence-electron chi connectivity index (χ4n) is 2.90. The summed E-state index contributed by atoms with van der Waals surface area (Å²) < 4.78 is 10.8. The molecule has 1 atom stereocenters. The molecule has 6 nitrogen and oxygen atoms in total. The molecule has 1 heterocycles. The van der Waals surface area contributed by atoms with Gasteiger partial charge in [0.2, 0.25) is 5.96 Å². The molecule has 2 aromatic rings. The van der Waals surface area contributed by atoms with E-state index in [9.17, 15) is 4.79 Å². The van der Waals surface area contributed by atoms with E-state index in [-0.39, 0.29) is 12.0 Å². The van der Waals surface area contributed by atoms with E-state index in [0.717, 1.165) is 30.7 Å². The number of nitrogens with one attached hydrogen (secondary N) is 2. The highest BCUT2D eigenvalue weighted by molar-refractivity contribution is 6.10. The number of hydrogen-bond acceptors (Lipinski definition) is 4. The molecule has 1 aliphatic rings. The van der Waals surface area contributed by atoms with Gasteiger partial charge in [0, 0.05) is 17.9 Å². The van der Waals surface area contributed by atoms with E-state index in [1.165, 1.54) is 0 Å². The molecule has 6 heteroatoms. The van der Waals surface area contributed by atoms with E-state index in [1.807, 2.05) is 31.2 Å². The third kappa shape index (κ3) is 5.56. The number of nitrogens with zero attached hydrogens (tertiary/aromatic N) is 1. The number of aryl methyl sites for hydroxylation is 1. The number of methoxy groups -OCH3 is 1. The van der Waals surface area contributed by atoms with Gasteiger partial charge in [-0.2, -0.15) is 0 Å². The number of carbonyl (C=O) groups excluding carboxylic acids is 1. The Labute approximate surface area is 159 Å². The van der Waals surface area contributed by atoms with Crippen LogP contribution < -0.4 is 15.4 Å². The molecule has 0 bridgehead atoms. The topological polar surface area (TPSA) is 72.0 Å². The second kappa shape index (κ2) is 9.19. The molecule has 0 unspecified atom stereocenters. The Morgan fingerprint density at radius 3 is 2.85 bits per heavy atom. The summed E-state index contributed by atoms with van der Waals surface area (Å²) in [5.74, 6) is 0.788. The minimum atomic E-state index is -0.250. The summed E-state index contributed by atoms with van der Waals surface area (Å²) in [5.41, 5.74) is 2.50. The van der Waals surface area contributed by atoms with Crippen molar-refractivity contribution in [1.82, 2.24) is 5.32 Å². The van der Waals surface area contributed by atoms with Crippen LogP contribution in [-0.4, -0.2) is 38.2 Å². The van der Waals surface area contributed by atoms with Crippen LogP contribution in [0.2, 0.25) is 0 Å². The van der Waals surface area contributed by atoms with E-state index < -0.39 is 0 Å². The van der Waals surface area contributed by atoms with Crippen LogP contribution in [-0.2, 0) is 4.74 Å². The molecule has 142 valence electrons. The zero-order valence-electron chi connectivity index (χ0n) is 15.7. The highest BCUT2D eigenvalue weighted by Crippen LogP contribution is 2.14. The Morgan fingerprint density at radius 2 is 2.11 bits per heavy atom. The fourth-order valence-corrected chi connectivity index (χ4v) is 2.90. The predicted molar refractivity (Wildman–Crippen MR) is 107 cm³/mol. The summed E-state index contributed by atoms with van der Waals surface area (Å²) >= 11 is 0. The van der Waals surface area contributed by atoms with Crippen molar-refractivity contribution < 1.29 is 14.3 Å². The first kappa shape index (κ1) is 18.9. The Kier molecular flexibility index (Phi) is 6.44. The average molecular weight is 367 g/mol. The Bertz CT molecular complexity index is 814. The molecule has 1 amide bonds. The number of benzene rings is 2. The monoisotopic (exact) mass is 367 g/mol. The van der Waals surface area contributed by atoms with Gasteiger partial charge in [-0.25, -0.2) is 4.99 Å². The molecule has 1 fully saturated rings. The first-order chi connectivity index (χ1) is 13.1. The van der Waals surface area contributed by atoms with Gasteiger partial charge in [0.1, 0.15) is 5.75 Å². The van der Waals surface area contributed by atoms with E-state index in [2.05, 4.69) is 15.6 Å². The maximum atomic E-state index is 12.7. The number of anilines is 1. The van der Waals surface area contributed by atoms with Gasteiger partial charge in [-0.1, -0.05) is 18.2 Å². The number of carbonyl (C=O) groups is 1. The summed E-state index contributed by atoms with van der Waals surface area (Å²) in [4.78, 5) is 17.2. The van der Waals surface area contributed by atoms with Crippen LogP contribution >= 0.6 is 0 Å². The van der Waals surface area contributed by atoms with E-state index >= 15 is 0 Å². The van der Waals surface area contributed by atoms with Crippen LogP contribution in [0.4, 0.5) is 5.69 Å².